The summed E-state index contributed by atoms with van der Waals surface area (Å²) in [5, 5.41) is 9.94. The number of halogens is 1. The molecule has 2 aromatic rings. The first-order chi connectivity index (χ1) is 8.22. The Morgan fingerprint density at radius 3 is 2.76 bits per heavy atom. The van der Waals surface area contributed by atoms with Gasteiger partial charge in [-0.2, -0.15) is 0 Å². The minimum atomic E-state index is -0.0294. The number of aliphatic hydroxyl groups is 1. The first-order valence-electron chi connectivity index (χ1n) is 5.34. The minimum absolute atomic E-state index is 0.0294. The van der Waals surface area contributed by atoms with Gasteiger partial charge in [-0.15, -0.1) is 0 Å². The molecule has 0 atom stereocenters. The predicted octanol–water partition coefficient (Wildman–Crippen LogP) is 3.06. The van der Waals surface area contributed by atoms with Gasteiger partial charge >= 0.3 is 0 Å². The fourth-order valence-corrected chi connectivity index (χ4v) is 2.17. The maximum Gasteiger partial charge on any atom is 0.123 e. The molecule has 3 nitrogen and oxygen atoms in total. The van der Waals surface area contributed by atoms with Crippen LogP contribution in [0.2, 0.25) is 5.02 Å². The van der Waals surface area contributed by atoms with E-state index in [-0.39, 0.29) is 6.61 Å². The van der Waals surface area contributed by atoms with Crippen LogP contribution in [0, 0.1) is 0 Å². The Morgan fingerprint density at radius 1 is 1.29 bits per heavy atom. The third kappa shape index (κ3) is 2.62. The van der Waals surface area contributed by atoms with Crippen LogP contribution in [0.15, 0.2) is 41.0 Å². The van der Waals surface area contributed by atoms with Gasteiger partial charge in [-0.25, -0.2) is 0 Å². The van der Waals surface area contributed by atoms with Crippen molar-refractivity contribution in [2.24, 2.45) is 0 Å². The van der Waals surface area contributed by atoms with Crippen molar-refractivity contribution in [2.75, 3.05) is 11.9 Å². The van der Waals surface area contributed by atoms with Crippen molar-refractivity contribution in [1.82, 2.24) is 0 Å². The molecule has 1 aromatic carbocycles. The summed E-state index contributed by atoms with van der Waals surface area (Å²) in [7, 11) is 1.92. The Balaban J connectivity index is 2.26. The lowest BCUT2D eigenvalue weighted by atomic mass is 10.1. The average Bonchev–Trinajstić information content (AvgIpc) is 2.81. The van der Waals surface area contributed by atoms with E-state index in [4.69, 9.17) is 16.0 Å². The summed E-state index contributed by atoms with van der Waals surface area (Å²) in [6, 6.07) is 9.27. The fraction of sp³-hybridized carbons (Fsp3) is 0.231. The van der Waals surface area contributed by atoms with Gasteiger partial charge in [-0.1, -0.05) is 23.7 Å². The third-order valence-electron chi connectivity index (χ3n) is 2.60. The summed E-state index contributed by atoms with van der Waals surface area (Å²) in [6.07, 6.45) is 1.64. The van der Waals surface area contributed by atoms with E-state index in [1.165, 1.54) is 0 Å². The number of rotatable bonds is 4. The third-order valence-corrected chi connectivity index (χ3v) is 2.90. The molecule has 1 aromatic heterocycles. The molecular weight excluding hydrogens is 238 g/mol. The predicted molar refractivity (Wildman–Crippen MR) is 68.2 cm³/mol. The van der Waals surface area contributed by atoms with E-state index < -0.39 is 0 Å². The van der Waals surface area contributed by atoms with Crippen LogP contribution >= 0.6 is 11.6 Å². The molecule has 90 valence electrons. The Bertz CT molecular complexity index is 482. The van der Waals surface area contributed by atoms with E-state index in [0.717, 1.165) is 17.0 Å². The molecule has 0 bridgehead atoms. The van der Waals surface area contributed by atoms with E-state index in [1.54, 1.807) is 6.26 Å². The largest absolute Gasteiger partial charge is 0.467 e. The summed E-state index contributed by atoms with van der Waals surface area (Å²) >= 11 is 6.16. The van der Waals surface area contributed by atoms with E-state index in [0.29, 0.717) is 11.6 Å². The number of benzene rings is 1. The van der Waals surface area contributed by atoms with Gasteiger partial charge in [0.1, 0.15) is 5.76 Å². The Labute approximate surface area is 105 Å². The monoisotopic (exact) mass is 251 g/mol. The molecular formula is C13H14ClNO2. The van der Waals surface area contributed by atoms with Gasteiger partial charge in [-0.3, -0.25) is 0 Å². The van der Waals surface area contributed by atoms with Crippen molar-refractivity contribution in [3.63, 3.8) is 0 Å². The van der Waals surface area contributed by atoms with Crippen molar-refractivity contribution in [3.8, 4) is 0 Å². The van der Waals surface area contributed by atoms with Gasteiger partial charge < -0.3 is 14.4 Å². The topological polar surface area (TPSA) is 36.6 Å². The second-order valence-corrected chi connectivity index (χ2v) is 4.25. The summed E-state index contributed by atoms with van der Waals surface area (Å²) < 4.78 is 5.29. The van der Waals surface area contributed by atoms with Crippen LogP contribution in [0.1, 0.15) is 11.3 Å². The molecule has 0 aliphatic rings. The molecule has 0 aliphatic carbocycles. The van der Waals surface area contributed by atoms with Gasteiger partial charge in [-0.05, 0) is 18.2 Å². The van der Waals surface area contributed by atoms with Crippen molar-refractivity contribution in [1.29, 1.82) is 0 Å². The highest BCUT2D eigenvalue weighted by Gasteiger charge is 2.12. The number of para-hydroxylation sites is 1. The molecule has 0 fully saturated rings. The zero-order valence-electron chi connectivity index (χ0n) is 9.56. The van der Waals surface area contributed by atoms with Crippen LogP contribution in [0.4, 0.5) is 5.69 Å². The minimum Gasteiger partial charge on any atom is -0.467 e. The second kappa shape index (κ2) is 5.25. The van der Waals surface area contributed by atoms with Gasteiger partial charge in [0.05, 0.1) is 30.1 Å². The van der Waals surface area contributed by atoms with Crippen LogP contribution in [0.25, 0.3) is 0 Å². The lowest BCUT2D eigenvalue weighted by Gasteiger charge is -2.22. The summed E-state index contributed by atoms with van der Waals surface area (Å²) in [6.45, 7) is 0.585. The number of aliphatic hydroxyl groups excluding tert-OH is 1. The summed E-state index contributed by atoms with van der Waals surface area (Å²) in [5.41, 5.74) is 1.65. The molecule has 2 rings (SSSR count). The molecule has 1 heterocycles. The standard InChI is InChI=1S/C13H14ClNO2/c1-15(8-11-5-3-7-17-11)13-10(9-16)4-2-6-12(13)14/h2-7,16H,8-9H2,1H3. The van der Waals surface area contributed by atoms with E-state index in [9.17, 15) is 5.11 Å². The zero-order valence-corrected chi connectivity index (χ0v) is 10.3. The van der Waals surface area contributed by atoms with Gasteiger partial charge in [0.2, 0.25) is 0 Å². The highest BCUT2D eigenvalue weighted by atomic mass is 35.5. The molecule has 0 unspecified atom stereocenters. The summed E-state index contributed by atoms with van der Waals surface area (Å²) in [5.74, 6) is 0.858. The highest BCUT2D eigenvalue weighted by Crippen LogP contribution is 2.30. The number of hydrogen-bond acceptors (Lipinski definition) is 3. The van der Waals surface area contributed by atoms with Crippen molar-refractivity contribution >= 4 is 17.3 Å². The molecule has 17 heavy (non-hydrogen) atoms. The highest BCUT2D eigenvalue weighted by molar-refractivity contribution is 6.33. The molecule has 0 radical (unpaired) electrons. The smallest absolute Gasteiger partial charge is 0.123 e. The van der Waals surface area contributed by atoms with Crippen molar-refractivity contribution in [2.45, 2.75) is 13.2 Å². The first kappa shape index (κ1) is 12.0. The molecule has 0 spiro atoms. The Morgan fingerprint density at radius 2 is 2.12 bits per heavy atom. The van der Waals surface area contributed by atoms with Crippen LogP contribution < -0.4 is 4.90 Å². The van der Waals surface area contributed by atoms with Crippen LogP contribution in [-0.2, 0) is 13.2 Å². The van der Waals surface area contributed by atoms with Crippen LogP contribution in [-0.4, -0.2) is 12.2 Å². The van der Waals surface area contributed by atoms with E-state index in [1.807, 2.05) is 42.3 Å². The van der Waals surface area contributed by atoms with Gasteiger partial charge in [0, 0.05) is 12.6 Å². The lowest BCUT2D eigenvalue weighted by Crippen LogP contribution is -2.18. The van der Waals surface area contributed by atoms with Crippen molar-refractivity contribution < 1.29 is 9.52 Å². The molecule has 1 N–H and O–H groups in total. The Hall–Kier alpha value is -1.45. The van der Waals surface area contributed by atoms with E-state index >= 15 is 0 Å². The van der Waals surface area contributed by atoms with Gasteiger partial charge in [0.25, 0.3) is 0 Å². The molecule has 0 saturated carbocycles. The molecule has 4 heteroatoms. The average molecular weight is 252 g/mol. The van der Waals surface area contributed by atoms with Gasteiger partial charge in [0.15, 0.2) is 0 Å². The molecule has 0 saturated heterocycles. The molecule has 0 amide bonds. The van der Waals surface area contributed by atoms with Crippen LogP contribution in [0.3, 0.4) is 0 Å². The molecule has 0 aliphatic heterocycles. The number of nitrogens with zero attached hydrogens (tertiary/aromatic N) is 1. The number of hydrogen-bond donors (Lipinski definition) is 1. The Kier molecular flexibility index (Phi) is 3.71. The van der Waals surface area contributed by atoms with Crippen molar-refractivity contribution in [3.05, 3.63) is 52.9 Å². The SMILES string of the molecule is CN(Cc1ccco1)c1c(Cl)cccc1CO. The zero-order chi connectivity index (χ0) is 12.3. The number of anilines is 1. The maximum absolute atomic E-state index is 9.31. The summed E-state index contributed by atoms with van der Waals surface area (Å²) in [4.78, 5) is 1.96. The quantitative estimate of drug-likeness (QED) is 0.907. The first-order valence-corrected chi connectivity index (χ1v) is 5.72. The normalized spacial score (nSPS) is 10.5. The maximum atomic E-state index is 9.31. The second-order valence-electron chi connectivity index (χ2n) is 3.84. The van der Waals surface area contributed by atoms with E-state index in [2.05, 4.69) is 0 Å². The lowest BCUT2D eigenvalue weighted by molar-refractivity contribution is 0.282. The number of furan rings is 1. The van der Waals surface area contributed by atoms with Crippen LogP contribution in [0.5, 0.6) is 0 Å². The fourth-order valence-electron chi connectivity index (χ4n) is 1.83.